The van der Waals surface area contributed by atoms with Crippen LogP contribution in [0.25, 0.3) is 11.2 Å². The zero-order valence-corrected chi connectivity index (χ0v) is 18.1. The Bertz CT molecular complexity index is 1150. The number of carbonyl (C=O) groups is 2. The highest BCUT2D eigenvalue weighted by Gasteiger charge is 2.52. The topological polar surface area (TPSA) is 131 Å². The quantitative estimate of drug-likeness (QED) is 0.312. The maximum atomic E-state index is 11.9. The number of aromatic nitrogens is 5. The summed E-state index contributed by atoms with van der Waals surface area (Å²) < 4.78 is 23.9. The van der Waals surface area contributed by atoms with Crippen molar-refractivity contribution in [2.75, 3.05) is 0 Å². The van der Waals surface area contributed by atoms with E-state index in [0.29, 0.717) is 17.9 Å². The van der Waals surface area contributed by atoms with Crippen LogP contribution in [0.15, 0.2) is 16.9 Å². The first-order chi connectivity index (χ1) is 14.8. The molecule has 1 aliphatic heterocycles. The van der Waals surface area contributed by atoms with E-state index in [0.717, 1.165) is 0 Å². The highest BCUT2D eigenvalue weighted by atomic mass is 35.5. The van der Waals surface area contributed by atoms with Gasteiger partial charge in [-0.2, -0.15) is 4.98 Å². The number of ether oxygens (including phenoxy) is 3. The van der Waals surface area contributed by atoms with E-state index in [1.807, 2.05) is 6.92 Å². The molecule has 0 aromatic carbocycles. The summed E-state index contributed by atoms with van der Waals surface area (Å²) in [7, 11) is 0. The monoisotopic (exact) mass is 469 g/mol. The molecule has 0 aliphatic carbocycles. The summed E-state index contributed by atoms with van der Waals surface area (Å²) in [6.07, 6.45) is -1.91. The first kappa shape index (κ1) is 21.5. The molecule has 1 aliphatic rings. The van der Waals surface area contributed by atoms with E-state index in [2.05, 4.69) is 20.1 Å². The smallest absolute Gasteiger partial charge is 0.303 e. The molecule has 4 atom stereocenters. The first-order valence-electron chi connectivity index (χ1n) is 9.29. The SMILES string of the molecule is CCc1cc([C@H]2O[C@@H](n3cnc4c(Cl)nc(Cl)nc43)[C@H](OC(C)=O)[C@@H]2OC(C)=O)no1. The maximum absolute atomic E-state index is 11.9. The van der Waals surface area contributed by atoms with Gasteiger partial charge in [0.15, 0.2) is 29.2 Å². The van der Waals surface area contributed by atoms with Crippen LogP contribution >= 0.6 is 23.2 Å². The van der Waals surface area contributed by atoms with Crippen LogP contribution < -0.4 is 0 Å². The van der Waals surface area contributed by atoms with Gasteiger partial charge in [0.2, 0.25) is 5.28 Å². The van der Waals surface area contributed by atoms with Crippen molar-refractivity contribution in [1.29, 1.82) is 0 Å². The molecule has 3 aromatic heterocycles. The standard InChI is InChI=1S/C18H17Cl2N5O6/c1-4-9-5-10(24-31-9)12-13(28-7(2)26)14(29-8(3)27)17(30-12)25-6-21-11-15(19)22-18(20)23-16(11)25/h5-6,12-14,17H,4H2,1-3H3/t12-,13-,14-,17-/m1/s1. The van der Waals surface area contributed by atoms with Crippen LogP contribution in [-0.2, 0) is 30.2 Å². The van der Waals surface area contributed by atoms with Gasteiger partial charge in [0.1, 0.15) is 23.1 Å². The lowest BCUT2D eigenvalue weighted by Gasteiger charge is -2.23. The van der Waals surface area contributed by atoms with E-state index in [1.165, 1.54) is 24.7 Å². The fraction of sp³-hybridized carbons (Fsp3) is 0.444. The van der Waals surface area contributed by atoms with Crippen molar-refractivity contribution in [3.8, 4) is 0 Å². The molecule has 4 rings (SSSR count). The Balaban J connectivity index is 1.82. The second kappa shape index (κ2) is 8.40. The van der Waals surface area contributed by atoms with Crippen molar-refractivity contribution in [2.24, 2.45) is 0 Å². The number of halogens is 2. The predicted molar refractivity (Wildman–Crippen MR) is 105 cm³/mol. The Morgan fingerprint density at radius 2 is 1.87 bits per heavy atom. The van der Waals surface area contributed by atoms with E-state index < -0.39 is 36.5 Å². The van der Waals surface area contributed by atoms with Gasteiger partial charge < -0.3 is 18.7 Å². The van der Waals surface area contributed by atoms with E-state index >= 15 is 0 Å². The van der Waals surface area contributed by atoms with Gasteiger partial charge in [-0.15, -0.1) is 0 Å². The van der Waals surface area contributed by atoms with Crippen molar-refractivity contribution in [1.82, 2.24) is 24.7 Å². The maximum Gasteiger partial charge on any atom is 0.303 e. The molecule has 0 amide bonds. The minimum Gasteiger partial charge on any atom is -0.455 e. The lowest BCUT2D eigenvalue weighted by Crippen LogP contribution is -2.36. The molecule has 0 bridgehead atoms. The van der Waals surface area contributed by atoms with Gasteiger partial charge in [0.25, 0.3) is 0 Å². The molecule has 0 N–H and O–H groups in total. The molecule has 0 radical (unpaired) electrons. The van der Waals surface area contributed by atoms with Crippen LogP contribution in [0.3, 0.4) is 0 Å². The summed E-state index contributed by atoms with van der Waals surface area (Å²) in [6.45, 7) is 4.38. The Labute approximate surface area is 185 Å². The van der Waals surface area contributed by atoms with Crippen LogP contribution in [0.2, 0.25) is 10.4 Å². The molecular weight excluding hydrogens is 453 g/mol. The van der Waals surface area contributed by atoms with E-state index in [4.69, 9.17) is 41.9 Å². The molecular formula is C18H17Cl2N5O6. The molecule has 1 fully saturated rings. The Morgan fingerprint density at radius 3 is 2.52 bits per heavy atom. The molecule has 11 nitrogen and oxygen atoms in total. The fourth-order valence-electron chi connectivity index (χ4n) is 3.41. The third-order valence-electron chi connectivity index (χ3n) is 4.64. The van der Waals surface area contributed by atoms with Crippen molar-refractivity contribution in [2.45, 2.75) is 51.7 Å². The predicted octanol–water partition coefficient (Wildman–Crippen LogP) is 2.82. The normalized spacial score (nSPS) is 23.3. The molecule has 1 saturated heterocycles. The highest BCUT2D eigenvalue weighted by Crippen LogP contribution is 2.43. The summed E-state index contributed by atoms with van der Waals surface area (Å²) in [4.78, 5) is 35.9. The number of esters is 2. The van der Waals surface area contributed by atoms with Crippen molar-refractivity contribution < 1.29 is 28.3 Å². The minimum absolute atomic E-state index is 0.0490. The zero-order chi connectivity index (χ0) is 22.3. The molecule has 3 aromatic rings. The van der Waals surface area contributed by atoms with Crippen molar-refractivity contribution in [3.05, 3.63) is 34.3 Å². The largest absolute Gasteiger partial charge is 0.455 e. The van der Waals surface area contributed by atoms with Gasteiger partial charge in [0, 0.05) is 26.3 Å². The molecule has 0 unspecified atom stereocenters. The lowest BCUT2D eigenvalue weighted by atomic mass is 10.1. The number of rotatable bonds is 5. The minimum atomic E-state index is -1.04. The molecule has 13 heteroatoms. The van der Waals surface area contributed by atoms with Crippen LogP contribution in [0.4, 0.5) is 0 Å². The molecule has 0 spiro atoms. The summed E-state index contributed by atoms with van der Waals surface area (Å²) >= 11 is 12.1. The van der Waals surface area contributed by atoms with E-state index in [-0.39, 0.29) is 21.6 Å². The van der Waals surface area contributed by atoms with E-state index in [1.54, 1.807) is 6.07 Å². The summed E-state index contributed by atoms with van der Waals surface area (Å²) in [5.74, 6) is -0.563. The number of imidazole rings is 1. The van der Waals surface area contributed by atoms with Crippen molar-refractivity contribution >= 4 is 46.3 Å². The Hall–Kier alpha value is -2.76. The van der Waals surface area contributed by atoms with E-state index in [9.17, 15) is 9.59 Å². The number of aryl methyl sites for hydroxylation is 1. The summed E-state index contributed by atoms with van der Waals surface area (Å²) in [6, 6.07) is 1.69. The fourth-order valence-corrected chi connectivity index (χ4v) is 3.83. The van der Waals surface area contributed by atoms with Gasteiger partial charge in [-0.3, -0.25) is 14.2 Å². The average Bonchev–Trinajstić information content (AvgIpc) is 3.39. The molecule has 31 heavy (non-hydrogen) atoms. The highest BCUT2D eigenvalue weighted by molar-refractivity contribution is 6.35. The molecule has 4 heterocycles. The number of fused-ring (bicyclic) bond motifs is 1. The third kappa shape index (κ3) is 4.08. The number of hydrogen-bond acceptors (Lipinski definition) is 10. The zero-order valence-electron chi connectivity index (χ0n) is 16.6. The van der Waals surface area contributed by atoms with Crippen LogP contribution in [0.1, 0.15) is 44.6 Å². The van der Waals surface area contributed by atoms with Crippen LogP contribution in [0, 0.1) is 0 Å². The van der Waals surface area contributed by atoms with Gasteiger partial charge in [0.05, 0.1) is 6.33 Å². The van der Waals surface area contributed by atoms with Crippen LogP contribution in [-0.4, -0.2) is 48.8 Å². The van der Waals surface area contributed by atoms with Crippen molar-refractivity contribution in [3.63, 3.8) is 0 Å². The number of hydrogen-bond donors (Lipinski definition) is 0. The number of nitrogens with zero attached hydrogens (tertiary/aromatic N) is 5. The molecule has 0 saturated carbocycles. The van der Waals surface area contributed by atoms with Crippen LogP contribution in [0.5, 0.6) is 0 Å². The average molecular weight is 470 g/mol. The van der Waals surface area contributed by atoms with Gasteiger partial charge in [-0.1, -0.05) is 23.7 Å². The second-order valence-electron chi connectivity index (χ2n) is 6.77. The number of carbonyl (C=O) groups excluding carboxylic acids is 2. The summed E-state index contributed by atoms with van der Waals surface area (Å²) in [5, 5.41) is 3.97. The first-order valence-corrected chi connectivity index (χ1v) is 10.0. The van der Waals surface area contributed by atoms with Gasteiger partial charge in [-0.05, 0) is 11.6 Å². The van der Waals surface area contributed by atoms with Gasteiger partial charge in [-0.25, -0.2) is 9.97 Å². The second-order valence-corrected chi connectivity index (χ2v) is 7.47. The molecule has 164 valence electrons. The van der Waals surface area contributed by atoms with Gasteiger partial charge >= 0.3 is 11.9 Å². The summed E-state index contributed by atoms with van der Waals surface area (Å²) in [5.41, 5.74) is 0.917. The Kier molecular flexibility index (Phi) is 5.82. The lowest BCUT2D eigenvalue weighted by molar-refractivity contribution is -0.165. The third-order valence-corrected chi connectivity index (χ3v) is 5.07. The Morgan fingerprint density at radius 1 is 1.16 bits per heavy atom.